The van der Waals surface area contributed by atoms with E-state index in [1.165, 1.54) is 0 Å². The van der Waals surface area contributed by atoms with E-state index in [4.69, 9.17) is 9.47 Å². The van der Waals surface area contributed by atoms with E-state index in [1.807, 2.05) is 13.8 Å². The Morgan fingerprint density at radius 3 is 2.86 bits per heavy atom. The van der Waals surface area contributed by atoms with Crippen LogP contribution in [0.5, 0.6) is 0 Å². The highest BCUT2D eigenvalue weighted by molar-refractivity contribution is 5.97. The van der Waals surface area contributed by atoms with Crippen LogP contribution in [-0.4, -0.2) is 63.7 Å². The van der Waals surface area contributed by atoms with E-state index in [0.717, 1.165) is 0 Å². The monoisotopic (exact) mass is 304 g/mol. The van der Waals surface area contributed by atoms with Gasteiger partial charge in [-0.1, -0.05) is 0 Å². The number of amides is 1. The number of rotatable bonds is 3. The molecule has 3 rings (SSSR count). The molecule has 1 fully saturated rings. The molecule has 0 saturated carbocycles. The second-order valence-electron chi connectivity index (χ2n) is 6.07. The smallest absolute Gasteiger partial charge is 0.276 e. The van der Waals surface area contributed by atoms with E-state index in [1.54, 1.807) is 41.2 Å². The first kappa shape index (κ1) is 14.9. The summed E-state index contributed by atoms with van der Waals surface area (Å²) in [6, 6.07) is 0. The molecular formula is C15H20N4O3. The Hall–Kier alpha value is -1.99. The van der Waals surface area contributed by atoms with Gasteiger partial charge in [0.1, 0.15) is 0 Å². The van der Waals surface area contributed by atoms with Crippen LogP contribution >= 0.6 is 0 Å². The van der Waals surface area contributed by atoms with E-state index >= 15 is 0 Å². The quantitative estimate of drug-likeness (QED) is 0.846. The lowest BCUT2D eigenvalue weighted by Crippen LogP contribution is -2.55. The Labute approximate surface area is 128 Å². The van der Waals surface area contributed by atoms with Crippen molar-refractivity contribution in [1.29, 1.82) is 0 Å². The van der Waals surface area contributed by atoms with Gasteiger partial charge in [-0.15, -0.1) is 0 Å². The Bertz CT molecular complexity index is 682. The first-order valence-electron chi connectivity index (χ1n) is 7.24. The van der Waals surface area contributed by atoms with E-state index < -0.39 is 5.60 Å². The fourth-order valence-corrected chi connectivity index (χ4v) is 2.88. The van der Waals surface area contributed by atoms with Gasteiger partial charge in [0.15, 0.2) is 11.3 Å². The van der Waals surface area contributed by atoms with Gasteiger partial charge in [0.25, 0.3) is 5.91 Å². The maximum Gasteiger partial charge on any atom is 0.276 e. The third kappa shape index (κ3) is 2.82. The fraction of sp³-hybridized carbons (Fsp3) is 0.533. The van der Waals surface area contributed by atoms with Crippen LogP contribution in [0.25, 0.3) is 5.65 Å². The third-order valence-electron chi connectivity index (χ3n) is 3.64. The number of hydrogen-bond acceptors (Lipinski definition) is 5. The summed E-state index contributed by atoms with van der Waals surface area (Å²) >= 11 is 0. The van der Waals surface area contributed by atoms with Gasteiger partial charge >= 0.3 is 0 Å². The normalized spacial score (nSPS) is 21.2. The molecule has 0 radical (unpaired) electrons. The van der Waals surface area contributed by atoms with E-state index in [-0.39, 0.29) is 12.0 Å². The zero-order chi connectivity index (χ0) is 15.7. The summed E-state index contributed by atoms with van der Waals surface area (Å²) in [5, 5.41) is 0. The lowest BCUT2D eigenvalue weighted by Gasteiger charge is -2.42. The molecule has 0 aliphatic carbocycles. The summed E-state index contributed by atoms with van der Waals surface area (Å²) in [4.78, 5) is 23.1. The number of aromatic nitrogens is 3. The van der Waals surface area contributed by atoms with Crippen molar-refractivity contribution < 1.29 is 14.3 Å². The molecule has 1 atom stereocenters. The highest BCUT2D eigenvalue weighted by Crippen LogP contribution is 2.23. The van der Waals surface area contributed by atoms with Gasteiger partial charge < -0.3 is 18.8 Å². The van der Waals surface area contributed by atoms with Crippen molar-refractivity contribution in [3.63, 3.8) is 0 Å². The van der Waals surface area contributed by atoms with Crippen molar-refractivity contribution in [2.75, 3.05) is 26.8 Å². The predicted octanol–water partition coefficient (Wildman–Crippen LogP) is 0.995. The minimum Gasteiger partial charge on any atom is -0.382 e. The Morgan fingerprint density at radius 2 is 2.14 bits per heavy atom. The number of nitrogens with zero attached hydrogens (tertiary/aromatic N) is 4. The zero-order valence-electron chi connectivity index (χ0n) is 13.0. The molecule has 1 aliphatic rings. The minimum absolute atomic E-state index is 0.130. The summed E-state index contributed by atoms with van der Waals surface area (Å²) in [5.74, 6) is -0.130. The van der Waals surface area contributed by atoms with Gasteiger partial charge in [0.05, 0.1) is 18.3 Å². The van der Waals surface area contributed by atoms with Crippen LogP contribution in [0.15, 0.2) is 24.8 Å². The molecule has 0 spiro atoms. The summed E-state index contributed by atoms with van der Waals surface area (Å²) in [5.41, 5.74) is 0.513. The molecule has 1 saturated heterocycles. The van der Waals surface area contributed by atoms with Crippen molar-refractivity contribution in [2.24, 2.45) is 0 Å². The summed E-state index contributed by atoms with van der Waals surface area (Å²) < 4.78 is 12.9. The molecule has 2 aromatic heterocycles. The van der Waals surface area contributed by atoms with Crippen LogP contribution in [0.1, 0.15) is 24.3 Å². The second-order valence-corrected chi connectivity index (χ2v) is 6.07. The molecule has 7 heteroatoms. The predicted molar refractivity (Wildman–Crippen MR) is 79.7 cm³/mol. The lowest BCUT2D eigenvalue weighted by atomic mass is 10.0. The summed E-state index contributed by atoms with van der Waals surface area (Å²) in [6.45, 7) is 5.39. The average molecular weight is 304 g/mol. The first-order chi connectivity index (χ1) is 10.5. The van der Waals surface area contributed by atoms with Crippen molar-refractivity contribution in [3.05, 3.63) is 30.5 Å². The number of methoxy groups -OCH3 is 1. The maximum atomic E-state index is 12.9. The number of hydrogen-bond donors (Lipinski definition) is 0. The zero-order valence-corrected chi connectivity index (χ0v) is 13.0. The standard InChI is InChI=1S/C15H20N4O3/c1-15(2)10-19(8-11(22-15)9-21-3)14(20)12-13-17-5-7-18(13)6-4-16-12/h4-7,11H,8-10H2,1-3H3/t11-/m0/s1. The number of carbonyl (C=O) groups is 1. The third-order valence-corrected chi connectivity index (χ3v) is 3.64. The van der Waals surface area contributed by atoms with Gasteiger partial charge in [-0.25, -0.2) is 9.97 Å². The van der Waals surface area contributed by atoms with Crippen LogP contribution in [-0.2, 0) is 9.47 Å². The number of carbonyl (C=O) groups excluding carboxylic acids is 1. The van der Waals surface area contributed by atoms with Gasteiger partial charge in [0.2, 0.25) is 0 Å². The maximum absolute atomic E-state index is 12.9. The van der Waals surface area contributed by atoms with Crippen LogP contribution in [0.2, 0.25) is 0 Å². The number of morpholine rings is 1. The number of ether oxygens (including phenoxy) is 2. The molecular weight excluding hydrogens is 284 g/mol. The number of imidazole rings is 1. The van der Waals surface area contributed by atoms with Crippen LogP contribution in [0.3, 0.4) is 0 Å². The topological polar surface area (TPSA) is 69.0 Å². The van der Waals surface area contributed by atoms with Crippen molar-refractivity contribution in [3.8, 4) is 0 Å². The van der Waals surface area contributed by atoms with Gasteiger partial charge in [0, 0.05) is 45.0 Å². The highest BCUT2D eigenvalue weighted by atomic mass is 16.5. The summed E-state index contributed by atoms with van der Waals surface area (Å²) in [6.07, 6.45) is 6.70. The van der Waals surface area contributed by atoms with Crippen LogP contribution in [0, 0.1) is 0 Å². The molecule has 0 bridgehead atoms. The summed E-state index contributed by atoms with van der Waals surface area (Å²) in [7, 11) is 1.63. The molecule has 1 amide bonds. The van der Waals surface area contributed by atoms with Crippen molar-refractivity contribution in [1.82, 2.24) is 19.3 Å². The molecule has 3 heterocycles. The van der Waals surface area contributed by atoms with E-state index in [9.17, 15) is 4.79 Å². The molecule has 118 valence electrons. The largest absolute Gasteiger partial charge is 0.382 e. The fourth-order valence-electron chi connectivity index (χ4n) is 2.88. The molecule has 2 aromatic rings. The van der Waals surface area contributed by atoms with Crippen molar-refractivity contribution >= 4 is 11.6 Å². The molecule has 7 nitrogen and oxygen atoms in total. The van der Waals surface area contributed by atoms with Gasteiger partial charge in [-0.2, -0.15) is 0 Å². The Balaban J connectivity index is 1.89. The highest BCUT2D eigenvalue weighted by Gasteiger charge is 2.36. The van der Waals surface area contributed by atoms with Gasteiger partial charge in [-0.3, -0.25) is 4.79 Å². The second kappa shape index (κ2) is 5.66. The molecule has 22 heavy (non-hydrogen) atoms. The number of fused-ring (bicyclic) bond motifs is 1. The molecule has 0 N–H and O–H groups in total. The first-order valence-corrected chi connectivity index (χ1v) is 7.24. The SMILES string of the molecule is COC[C@@H]1CN(C(=O)c2nccn3ccnc23)CC(C)(C)O1. The Morgan fingerprint density at radius 1 is 1.41 bits per heavy atom. The van der Waals surface area contributed by atoms with Crippen LogP contribution < -0.4 is 0 Å². The van der Waals surface area contributed by atoms with E-state index in [0.29, 0.717) is 31.0 Å². The molecule has 0 aromatic carbocycles. The Kier molecular flexibility index (Phi) is 3.84. The molecule has 0 unspecified atom stereocenters. The van der Waals surface area contributed by atoms with Crippen molar-refractivity contribution in [2.45, 2.75) is 25.6 Å². The van der Waals surface area contributed by atoms with E-state index in [2.05, 4.69) is 9.97 Å². The van der Waals surface area contributed by atoms with Gasteiger partial charge in [-0.05, 0) is 13.8 Å². The van der Waals surface area contributed by atoms with Crippen LogP contribution in [0.4, 0.5) is 0 Å². The lowest BCUT2D eigenvalue weighted by molar-refractivity contribution is -0.143. The minimum atomic E-state index is -0.419. The average Bonchev–Trinajstić information content (AvgIpc) is 2.93. The molecule has 1 aliphatic heterocycles.